The highest BCUT2D eigenvalue weighted by atomic mass is 16.5. The van der Waals surface area contributed by atoms with Crippen LogP contribution in [0.25, 0.3) is 0 Å². The van der Waals surface area contributed by atoms with Gasteiger partial charge in [0, 0.05) is 25.8 Å². The van der Waals surface area contributed by atoms with Gasteiger partial charge in [0.25, 0.3) is 0 Å². The van der Waals surface area contributed by atoms with E-state index in [4.69, 9.17) is 15.2 Å². The Balaban J connectivity index is 1.50. The lowest BCUT2D eigenvalue weighted by atomic mass is 9.94. The molecule has 2 fully saturated rings. The molecule has 1 aliphatic heterocycles. The van der Waals surface area contributed by atoms with E-state index in [1.165, 1.54) is 0 Å². The molecule has 2 atom stereocenters. The highest BCUT2D eigenvalue weighted by Crippen LogP contribution is 2.21. The summed E-state index contributed by atoms with van der Waals surface area (Å²) in [6, 6.07) is 0.366. The third kappa shape index (κ3) is 4.72. The Morgan fingerprint density at radius 3 is 2.70 bits per heavy atom. The van der Waals surface area contributed by atoms with Gasteiger partial charge < -0.3 is 20.5 Å². The zero-order valence-electron chi connectivity index (χ0n) is 12.5. The van der Waals surface area contributed by atoms with Gasteiger partial charge in [0.1, 0.15) is 0 Å². The van der Waals surface area contributed by atoms with Gasteiger partial charge in [-0.2, -0.15) is 0 Å². The predicted molar refractivity (Wildman–Crippen MR) is 77.3 cm³/mol. The van der Waals surface area contributed by atoms with E-state index in [0.717, 1.165) is 45.1 Å². The molecule has 5 nitrogen and oxygen atoms in total. The van der Waals surface area contributed by atoms with Crippen molar-refractivity contribution in [3.63, 3.8) is 0 Å². The SMILES string of the molecule is CC1OCCC1C(=O)NCCCOC1CCC(N)CC1. The molecule has 0 aromatic rings. The second-order valence-corrected chi connectivity index (χ2v) is 6.02. The monoisotopic (exact) mass is 284 g/mol. The maximum absolute atomic E-state index is 11.9. The summed E-state index contributed by atoms with van der Waals surface area (Å²) in [6.45, 7) is 4.07. The Morgan fingerprint density at radius 2 is 2.05 bits per heavy atom. The first-order valence-corrected chi connectivity index (χ1v) is 7.93. The number of ether oxygens (including phenoxy) is 2. The molecule has 0 bridgehead atoms. The minimum atomic E-state index is 0.0238. The molecule has 0 aromatic carbocycles. The number of hydrogen-bond donors (Lipinski definition) is 2. The van der Waals surface area contributed by atoms with Crippen molar-refractivity contribution < 1.29 is 14.3 Å². The van der Waals surface area contributed by atoms with Gasteiger partial charge in [0.15, 0.2) is 0 Å². The van der Waals surface area contributed by atoms with Crippen LogP contribution in [0.1, 0.15) is 45.4 Å². The molecule has 2 rings (SSSR count). The molecular formula is C15H28N2O3. The van der Waals surface area contributed by atoms with Crippen LogP contribution in [0.5, 0.6) is 0 Å². The molecule has 1 aliphatic carbocycles. The lowest BCUT2D eigenvalue weighted by Gasteiger charge is -2.26. The molecule has 2 unspecified atom stereocenters. The second kappa shape index (κ2) is 7.96. The first kappa shape index (κ1) is 15.7. The summed E-state index contributed by atoms with van der Waals surface area (Å²) >= 11 is 0. The van der Waals surface area contributed by atoms with E-state index in [9.17, 15) is 4.79 Å². The normalized spacial score (nSPS) is 34.1. The maximum Gasteiger partial charge on any atom is 0.225 e. The Bertz CT molecular complexity index is 303. The van der Waals surface area contributed by atoms with Crippen molar-refractivity contribution in [2.75, 3.05) is 19.8 Å². The molecule has 116 valence electrons. The van der Waals surface area contributed by atoms with E-state index >= 15 is 0 Å². The van der Waals surface area contributed by atoms with Crippen LogP contribution in [0.4, 0.5) is 0 Å². The molecule has 0 aromatic heterocycles. The van der Waals surface area contributed by atoms with Crippen LogP contribution >= 0.6 is 0 Å². The Morgan fingerprint density at radius 1 is 1.30 bits per heavy atom. The molecule has 5 heteroatoms. The summed E-state index contributed by atoms with van der Waals surface area (Å²) in [7, 11) is 0. The fraction of sp³-hybridized carbons (Fsp3) is 0.933. The van der Waals surface area contributed by atoms with E-state index in [0.29, 0.717) is 25.3 Å². The molecule has 0 spiro atoms. The highest BCUT2D eigenvalue weighted by molar-refractivity contribution is 5.79. The van der Waals surface area contributed by atoms with Crippen LogP contribution in [-0.4, -0.2) is 43.9 Å². The summed E-state index contributed by atoms with van der Waals surface area (Å²) in [5.74, 6) is 0.148. The van der Waals surface area contributed by atoms with Crippen LogP contribution in [-0.2, 0) is 14.3 Å². The van der Waals surface area contributed by atoms with Crippen molar-refractivity contribution in [1.82, 2.24) is 5.32 Å². The van der Waals surface area contributed by atoms with Crippen molar-refractivity contribution in [3.8, 4) is 0 Å². The molecule has 3 N–H and O–H groups in total. The number of carbonyl (C=O) groups excluding carboxylic acids is 1. The Labute approximate surface area is 121 Å². The second-order valence-electron chi connectivity index (χ2n) is 6.02. The average molecular weight is 284 g/mol. The molecule has 0 radical (unpaired) electrons. The lowest BCUT2D eigenvalue weighted by Crippen LogP contribution is -2.35. The van der Waals surface area contributed by atoms with Gasteiger partial charge in [-0.1, -0.05) is 0 Å². The van der Waals surface area contributed by atoms with Crippen molar-refractivity contribution in [2.24, 2.45) is 11.7 Å². The van der Waals surface area contributed by atoms with Crippen LogP contribution in [0, 0.1) is 5.92 Å². The molecule has 1 saturated heterocycles. The molecular weight excluding hydrogens is 256 g/mol. The zero-order chi connectivity index (χ0) is 14.4. The summed E-state index contributed by atoms with van der Waals surface area (Å²) < 4.78 is 11.2. The molecule has 1 saturated carbocycles. The number of nitrogens with two attached hydrogens (primary N) is 1. The summed E-state index contributed by atoms with van der Waals surface area (Å²) in [4.78, 5) is 11.9. The number of rotatable bonds is 6. The van der Waals surface area contributed by atoms with Crippen molar-refractivity contribution >= 4 is 5.91 Å². The van der Waals surface area contributed by atoms with Crippen LogP contribution in [0.2, 0.25) is 0 Å². The van der Waals surface area contributed by atoms with Gasteiger partial charge >= 0.3 is 0 Å². The highest BCUT2D eigenvalue weighted by Gasteiger charge is 2.30. The first-order valence-electron chi connectivity index (χ1n) is 7.93. The zero-order valence-corrected chi connectivity index (χ0v) is 12.5. The van der Waals surface area contributed by atoms with Gasteiger partial charge in [0.05, 0.1) is 18.1 Å². The van der Waals surface area contributed by atoms with E-state index in [2.05, 4.69) is 5.32 Å². The average Bonchev–Trinajstić information content (AvgIpc) is 2.86. The quantitative estimate of drug-likeness (QED) is 0.719. The van der Waals surface area contributed by atoms with Gasteiger partial charge in [-0.15, -0.1) is 0 Å². The first-order chi connectivity index (χ1) is 9.66. The van der Waals surface area contributed by atoms with Crippen LogP contribution in [0.3, 0.4) is 0 Å². The largest absolute Gasteiger partial charge is 0.378 e. The maximum atomic E-state index is 11.9. The number of hydrogen-bond acceptors (Lipinski definition) is 4. The number of nitrogens with one attached hydrogen (secondary N) is 1. The Kier molecular flexibility index (Phi) is 6.26. The van der Waals surface area contributed by atoms with Gasteiger partial charge in [-0.25, -0.2) is 0 Å². The molecule has 1 amide bonds. The standard InChI is InChI=1S/C15H28N2O3/c1-11-14(7-10-19-11)15(18)17-8-2-9-20-13-5-3-12(16)4-6-13/h11-14H,2-10,16H2,1H3,(H,17,18). The fourth-order valence-electron chi connectivity index (χ4n) is 3.00. The third-order valence-electron chi connectivity index (χ3n) is 4.41. The minimum Gasteiger partial charge on any atom is -0.378 e. The number of amides is 1. The molecule has 1 heterocycles. The summed E-state index contributed by atoms with van der Waals surface area (Å²) in [6.07, 6.45) is 6.42. The molecule has 20 heavy (non-hydrogen) atoms. The van der Waals surface area contributed by atoms with Crippen molar-refractivity contribution in [3.05, 3.63) is 0 Å². The van der Waals surface area contributed by atoms with Crippen LogP contribution < -0.4 is 11.1 Å². The predicted octanol–water partition coefficient (Wildman–Crippen LogP) is 1.20. The Hall–Kier alpha value is -0.650. The van der Waals surface area contributed by atoms with Gasteiger partial charge in [0.2, 0.25) is 5.91 Å². The fourth-order valence-corrected chi connectivity index (χ4v) is 3.00. The summed E-state index contributed by atoms with van der Waals surface area (Å²) in [5, 5.41) is 2.98. The van der Waals surface area contributed by atoms with Gasteiger partial charge in [-0.3, -0.25) is 4.79 Å². The van der Waals surface area contributed by atoms with E-state index in [1.807, 2.05) is 6.92 Å². The lowest BCUT2D eigenvalue weighted by molar-refractivity contribution is -0.126. The summed E-state index contributed by atoms with van der Waals surface area (Å²) in [5.41, 5.74) is 5.86. The molecule has 2 aliphatic rings. The van der Waals surface area contributed by atoms with Crippen LogP contribution in [0.15, 0.2) is 0 Å². The minimum absolute atomic E-state index is 0.0238. The van der Waals surface area contributed by atoms with E-state index in [1.54, 1.807) is 0 Å². The third-order valence-corrected chi connectivity index (χ3v) is 4.41. The van der Waals surface area contributed by atoms with Crippen molar-refractivity contribution in [2.45, 2.75) is 63.7 Å². The topological polar surface area (TPSA) is 73.6 Å². The van der Waals surface area contributed by atoms with E-state index in [-0.39, 0.29) is 17.9 Å². The number of carbonyl (C=O) groups is 1. The van der Waals surface area contributed by atoms with E-state index < -0.39 is 0 Å². The van der Waals surface area contributed by atoms with Gasteiger partial charge in [-0.05, 0) is 45.4 Å². The van der Waals surface area contributed by atoms with Crippen molar-refractivity contribution in [1.29, 1.82) is 0 Å². The smallest absolute Gasteiger partial charge is 0.225 e.